The van der Waals surface area contributed by atoms with Crippen LogP contribution >= 0.6 is 0 Å². The molecule has 0 saturated heterocycles. The lowest BCUT2D eigenvalue weighted by Crippen LogP contribution is -2.24. The van der Waals surface area contributed by atoms with Crippen LogP contribution in [-0.2, 0) is 6.54 Å². The van der Waals surface area contributed by atoms with E-state index >= 15 is 0 Å². The fourth-order valence-corrected chi connectivity index (χ4v) is 2.46. The average Bonchev–Trinajstić information content (AvgIpc) is 2.48. The lowest BCUT2D eigenvalue weighted by Gasteiger charge is -2.27. The predicted molar refractivity (Wildman–Crippen MR) is 84.9 cm³/mol. The zero-order valence-corrected chi connectivity index (χ0v) is 12.8. The van der Waals surface area contributed by atoms with Crippen LogP contribution in [0.5, 0.6) is 0 Å². The molecule has 0 aromatic heterocycles. The molecule has 0 aliphatic carbocycles. The highest BCUT2D eigenvalue weighted by atomic mass is 19.1. The normalized spacial score (nSPS) is 12.2. The van der Waals surface area contributed by atoms with Crippen LogP contribution in [0.1, 0.15) is 36.6 Å². The SMILES string of the molecule is CCN(Cc1ccccc1)c1cc(C)c(F)cc1[C@@H](C)O. The van der Waals surface area contributed by atoms with Crippen molar-refractivity contribution >= 4 is 5.69 Å². The standard InChI is InChI=1S/C18H22FNO/c1-4-20(12-15-8-6-5-7-9-15)18-10-13(2)17(19)11-16(18)14(3)21/h5-11,14,21H,4,12H2,1-3H3/t14-/m1/s1. The topological polar surface area (TPSA) is 23.5 Å². The van der Waals surface area contributed by atoms with Crippen LogP contribution < -0.4 is 4.90 Å². The van der Waals surface area contributed by atoms with Crippen molar-refractivity contribution in [1.29, 1.82) is 0 Å². The van der Waals surface area contributed by atoms with Gasteiger partial charge in [-0.25, -0.2) is 4.39 Å². The Labute approximate surface area is 125 Å². The number of aryl methyl sites for hydroxylation is 1. The second-order valence-corrected chi connectivity index (χ2v) is 5.34. The van der Waals surface area contributed by atoms with E-state index in [1.807, 2.05) is 24.3 Å². The molecule has 1 atom stereocenters. The van der Waals surface area contributed by atoms with Gasteiger partial charge in [-0.05, 0) is 44.0 Å². The molecule has 1 N–H and O–H groups in total. The number of benzene rings is 2. The van der Waals surface area contributed by atoms with Crippen molar-refractivity contribution in [3.63, 3.8) is 0 Å². The molecule has 0 fully saturated rings. The molecule has 21 heavy (non-hydrogen) atoms. The molecule has 0 amide bonds. The molecule has 0 radical (unpaired) electrons. The van der Waals surface area contributed by atoms with Gasteiger partial charge >= 0.3 is 0 Å². The second kappa shape index (κ2) is 6.72. The van der Waals surface area contributed by atoms with Crippen molar-refractivity contribution in [2.75, 3.05) is 11.4 Å². The maximum Gasteiger partial charge on any atom is 0.126 e. The van der Waals surface area contributed by atoms with Crippen LogP contribution in [-0.4, -0.2) is 11.7 Å². The molecule has 2 aromatic carbocycles. The molecular formula is C18H22FNO. The Balaban J connectivity index is 2.39. The minimum Gasteiger partial charge on any atom is -0.389 e. The fraction of sp³-hybridized carbons (Fsp3) is 0.333. The van der Waals surface area contributed by atoms with E-state index in [0.29, 0.717) is 11.1 Å². The van der Waals surface area contributed by atoms with Gasteiger partial charge in [0.05, 0.1) is 6.10 Å². The summed E-state index contributed by atoms with van der Waals surface area (Å²) >= 11 is 0. The van der Waals surface area contributed by atoms with Gasteiger partial charge in [0.15, 0.2) is 0 Å². The number of hydrogen-bond donors (Lipinski definition) is 1. The highest BCUT2D eigenvalue weighted by molar-refractivity contribution is 5.57. The summed E-state index contributed by atoms with van der Waals surface area (Å²) in [7, 11) is 0. The first-order valence-electron chi connectivity index (χ1n) is 7.30. The second-order valence-electron chi connectivity index (χ2n) is 5.34. The van der Waals surface area contributed by atoms with Crippen molar-refractivity contribution in [2.24, 2.45) is 0 Å². The first-order valence-corrected chi connectivity index (χ1v) is 7.30. The highest BCUT2D eigenvalue weighted by Crippen LogP contribution is 2.30. The summed E-state index contributed by atoms with van der Waals surface area (Å²) < 4.78 is 13.8. The minimum absolute atomic E-state index is 0.273. The van der Waals surface area contributed by atoms with E-state index in [-0.39, 0.29) is 5.82 Å². The quantitative estimate of drug-likeness (QED) is 0.890. The Morgan fingerprint density at radius 2 is 1.86 bits per heavy atom. The Hall–Kier alpha value is -1.87. The van der Waals surface area contributed by atoms with Gasteiger partial charge in [-0.1, -0.05) is 30.3 Å². The number of nitrogens with zero attached hydrogens (tertiary/aromatic N) is 1. The summed E-state index contributed by atoms with van der Waals surface area (Å²) in [6.45, 7) is 7.01. The molecule has 2 aromatic rings. The molecule has 0 spiro atoms. The Bertz CT molecular complexity index is 596. The van der Waals surface area contributed by atoms with Crippen LogP contribution in [0.25, 0.3) is 0 Å². The monoisotopic (exact) mass is 287 g/mol. The molecule has 2 nitrogen and oxygen atoms in total. The van der Waals surface area contributed by atoms with Crippen molar-refractivity contribution in [3.05, 3.63) is 65.0 Å². The lowest BCUT2D eigenvalue weighted by atomic mass is 10.0. The van der Waals surface area contributed by atoms with Gasteiger partial charge in [0, 0.05) is 24.3 Å². The molecule has 0 saturated carbocycles. The first kappa shape index (κ1) is 15.5. The van der Waals surface area contributed by atoms with Crippen molar-refractivity contribution in [1.82, 2.24) is 0 Å². The smallest absolute Gasteiger partial charge is 0.126 e. The number of halogens is 1. The zero-order valence-electron chi connectivity index (χ0n) is 12.8. The number of hydrogen-bond acceptors (Lipinski definition) is 2. The average molecular weight is 287 g/mol. The molecule has 0 unspecified atom stereocenters. The number of anilines is 1. The fourth-order valence-electron chi connectivity index (χ4n) is 2.46. The maximum atomic E-state index is 13.8. The maximum absolute atomic E-state index is 13.8. The van der Waals surface area contributed by atoms with Gasteiger partial charge in [0.1, 0.15) is 5.82 Å². The van der Waals surface area contributed by atoms with Gasteiger partial charge < -0.3 is 10.0 Å². The summed E-state index contributed by atoms with van der Waals surface area (Å²) in [6.07, 6.45) is -0.695. The van der Waals surface area contributed by atoms with E-state index in [0.717, 1.165) is 18.8 Å². The van der Waals surface area contributed by atoms with E-state index in [1.54, 1.807) is 13.8 Å². The third-order valence-electron chi connectivity index (χ3n) is 3.70. The van der Waals surface area contributed by atoms with Gasteiger partial charge in [0.2, 0.25) is 0 Å². The molecule has 2 rings (SSSR count). The van der Waals surface area contributed by atoms with Crippen LogP contribution in [0.15, 0.2) is 42.5 Å². The minimum atomic E-state index is -0.695. The third-order valence-corrected chi connectivity index (χ3v) is 3.70. The molecule has 0 heterocycles. The summed E-state index contributed by atoms with van der Waals surface area (Å²) in [5, 5.41) is 9.94. The molecule has 112 valence electrons. The van der Waals surface area contributed by atoms with Crippen LogP contribution in [0.4, 0.5) is 10.1 Å². The van der Waals surface area contributed by atoms with Gasteiger partial charge in [-0.15, -0.1) is 0 Å². The van der Waals surface area contributed by atoms with E-state index in [9.17, 15) is 9.50 Å². The van der Waals surface area contributed by atoms with E-state index in [2.05, 4.69) is 24.0 Å². The summed E-state index contributed by atoms with van der Waals surface area (Å²) in [5.74, 6) is -0.273. The van der Waals surface area contributed by atoms with Gasteiger partial charge in [0.25, 0.3) is 0 Å². The number of rotatable bonds is 5. The molecular weight excluding hydrogens is 265 g/mol. The Morgan fingerprint density at radius 3 is 2.43 bits per heavy atom. The number of aliphatic hydroxyl groups is 1. The highest BCUT2D eigenvalue weighted by Gasteiger charge is 2.16. The van der Waals surface area contributed by atoms with Crippen molar-refractivity contribution < 1.29 is 9.50 Å². The molecule has 3 heteroatoms. The van der Waals surface area contributed by atoms with E-state index < -0.39 is 6.10 Å². The predicted octanol–water partition coefficient (Wildman–Crippen LogP) is 4.21. The number of aliphatic hydroxyl groups excluding tert-OH is 1. The summed E-state index contributed by atoms with van der Waals surface area (Å²) in [5.41, 5.74) is 3.32. The summed E-state index contributed by atoms with van der Waals surface area (Å²) in [6, 6.07) is 13.4. The van der Waals surface area contributed by atoms with Gasteiger partial charge in [-0.3, -0.25) is 0 Å². The lowest BCUT2D eigenvalue weighted by molar-refractivity contribution is 0.199. The van der Waals surface area contributed by atoms with Crippen molar-refractivity contribution in [3.8, 4) is 0 Å². The molecule has 0 aliphatic heterocycles. The summed E-state index contributed by atoms with van der Waals surface area (Å²) in [4.78, 5) is 2.16. The Kier molecular flexibility index (Phi) is 4.97. The molecule has 0 aliphatic rings. The Morgan fingerprint density at radius 1 is 1.19 bits per heavy atom. The van der Waals surface area contributed by atoms with Crippen molar-refractivity contribution in [2.45, 2.75) is 33.4 Å². The third kappa shape index (κ3) is 3.61. The van der Waals surface area contributed by atoms with Crippen LogP contribution in [0.2, 0.25) is 0 Å². The molecule has 0 bridgehead atoms. The van der Waals surface area contributed by atoms with E-state index in [1.165, 1.54) is 11.6 Å². The largest absolute Gasteiger partial charge is 0.389 e. The van der Waals surface area contributed by atoms with Gasteiger partial charge in [-0.2, -0.15) is 0 Å². The van der Waals surface area contributed by atoms with E-state index in [4.69, 9.17) is 0 Å². The van der Waals surface area contributed by atoms with Crippen LogP contribution in [0, 0.1) is 12.7 Å². The zero-order chi connectivity index (χ0) is 15.4. The first-order chi connectivity index (χ1) is 10.0. The van der Waals surface area contributed by atoms with Crippen LogP contribution in [0.3, 0.4) is 0 Å².